The molecule has 1 aromatic carbocycles. The fourth-order valence-corrected chi connectivity index (χ4v) is 2.27. The van der Waals surface area contributed by atoms with Crippen molar-refractivity contribution in [2.24, 2.45) is 0 Å². The van der Waals surface area contributed by atoms with Crippen LogP contribution in [0, 0.1) is 15.9 Å². The summed E-state index contributed by atoms with van der Waals surface area (Å²) in [6.45, 7) is 1.99. The number of benzene rings is 1. The lowest BCUT2D eigenvalue weighted by Gasteiger charge is -2.05. The lowest BCUT2D eigenvalue weighted by Crippen LogP contribution is -2.24. The summed E-state index contributed by atoms with van der Waals surface area (Å²) in [6.07, 6.45) is 0.586. The van der Waals surface area contributed by atoms with E-state index in [0.29, 0.717) is 12.5 Å². The molecular formula is C9H11FN2O4S. The fourth-order valence-electron chi connectivity index (χ4n) is 1.12. The molecule has 0 aliphatic heterocycles. The summed E-state index contributed by atoms with van der Waals surface area (Å²) >= 11 is 0. The summed E-state index contributed by atoms with van der Waals surface area (Å²) in [5.74, 6) is -1.07. The summed E-state index contributed by atoms with van der Waals surface area (Å²) in [5.41, 5.74) is -0.857. The third kappa shape index (κ3) is 3.21. The van der Waals surface area contributed by atoms with Crippen LogP contribution in [0.4, 0.5) is 10.1 Å². The van der Waals surface area contributed by atoms with E-state index in [0.717, 1.165) is 12.1 Å². The Morgan fingerprint density at radius 2 is 2.12 bits per heavy atom. The van der Waals surface area contributed by atoms with Gasteiger partial charge in [-0.15, -0.1) is 0 Å². The van der Waals surface area contributed by atoms with Gasteiger partial charge < -0.3 is 0 Å². The molecule has 0 saturated heterocycles. The second kappa shape index (κ2) is 5.19. The number of nitro benzene ring substituents is 1. The first-order valence-electron chi connectivity index (χ1n) is 4.82. The molecule has 1 N–H and O–H groups in total. The van der Waals surface area contributed by atoms with E-state index < -0.39 is 26.5 Å². The van der Waals surface area contributed by atoms with E-state index in [-0.39, 0.29) is 11.4 Å². The van der Waals surface area contributed by atoms with Gasteiger partial charge in [0.05, 0.1) is 9.82 Å². The molecule has 0 fully saturated rings. The van der Waals surface area contributed by atoms with E-state index in [1.54, 1.807) is 6.92 Å². The highest BCUT2D eigenvalue weighted by molar-refractivity contribution is 7.89. The van der Waals surface area contributed by atoms with E-state index in [2.05, 4.69) is 4.72 Å². The minimum atomic E-state index is -3.82. The molecule has 1 aromatic rings. The zero-order valence-electron chi connectivity index (χ0n) is 9.01. The van der Waals surface area contributed by atoms with E-state index in [4.69, 9.17) is 0 Å². The fraction of sp³-hybridized carbons (Fsp3) is 0.333. The zero-order valence-corrected chi connectivity index (χ0v) is 9.83. The Balaban J connectivity index is 3.16. The smallest absolute Gasteiger partial charge is 0.258 e. The Kier molecular flexibility index (Phi) is 4.13. The number of hydrogen-bond donors (Lipinski definition) is 1. The molecule has 94 valence electrons. The Morgan fingerprint density at radius 3 is 2.65 bits per heavy atom. The van der Waals surface area contributed by atoms with Crippen molar-refractivity contribution in [2.45, 2.75) is 18.2 Å². The van der Waals surface area contributed by atoms with Gasteiger partial charge in [-0.1, -0.05) is 6.92 Å². The van der Waals surface area contributed by atoms with Crippen LogP contribution in [0.3, 0.4) is 0 Å². The minimum absolute atomic E-state index is 0.216. The Labute approximate surface area is 97.7 Å². The van der Waals surface area contributed by atoms with Gasteiger partial charge in [-0.2, -0.15) is 4.39 Å². The monoisotopic (exact) mass is 262 g/mol. The summed E-state index contributed by atoms with van der Waals surface area (Å²) in [7, 11) is -3.82. The number of nitrogens with zero attached hydrogens (tertiary/aromatic N) is 1. The number of rotatable bonds is 5. The quantitative estimate of drug-likeness (QED) is 0.642. The van der Waals surface area contributed by atoms with Crippen LogP contribution in [-0.2, 0) is 10.0 Å². The van der Waals surface area contributed by atoms with Crippen LogP contribution in [0.25, 0.3) is 0 Å². The minimum Gasteiger partial charge on any atom is -0.258 e. The third-order valence-electron chi connectivity index (χ3n) is 1.97. The van der Waals surface area contributed by atoms with Gasteiger partial charge in [-0.25, -0.2) is 13.1 Å². The first-order chi connectivity index (χ1) is 7.88. The normalized spacial score (nSPS) is 11.4. The van der Waals surface area contributed by atoms with Crippen molar-refractivity contribution in [3.05, 3.63) is 34.1 Å². The molecule has 0 unspecified atom stereocenters. The molecule has 0 amide bonds. The van der Waals surface area contributed by atoms with Gasteiger partial charge in [0, 0.05) is 12.6 Å². The van der Waals surface area contributed by atoms with Crippen LogP contribution in [0.1, 0.15) is 13.3 Å². The molecule has 8 heteroatoms. The highest BCUT2D eigenvalue weighted by atomic mass is 32.2. The average Bonchev–Trinajstić information content (AvgIpc) is 2.26. The van der Waals surface area contributed by atoms with Crippen LogP contribution in [0.2, 0.25) is 0 Å². The number of halogens is 1. The standard InChI is InChI=1S/C9H11FN2O4S/c1-2-5-11-17(15,16)7-3-4-8(10)9(6-7)12(13)14/h3-4,6,11H,2,5H2,1H3. The summed E-state index contributed by atoms with van der Waals surface area (Å²) in [5, 5.41) is 10.5. The van der Waals surface area contributed by atoms with Crippen molar-refractivity contribution >= 4 is 15.7 Å². The lowest BCUT2D eigenvalue weighted by molar-refractivity contribution is -0.387. The first-order valence-corrected chi connectivity index (χ1v) is 6.30. The average molecular weight is 262 g/mol. The van der Waals surface area contributed by atoms with E-state index in [1.807, 2.05) is 0 Å². The molecule has 0 aliphatic rings. The molecular weight excluding hydrogens is 251 g/mol. The SMILES string of the molecule is CCCNS(=O)(=O)c1ccc(F)c([N+](=O)[O-])c1. The maximum absolute atomic E-state index is 13.0. The maximum atomic E-state index is 13.0. The number of nitrogens with one attached hydrogen (secondary N) is 1. The Bertz CT molecular complexity index is 530. The predicted octanol–water partition coefficient (Wildman–Crippen LogP) is 1.42. The topological polar surface area (TPSA) is 89.3 Å². The summed E-state index contributed by atoms with van der Waals surface area (Å²) < 4.78 is 38.5. The molecule has 0 bridgehead atoms. The summed E-state index contributed by atoms with van der Waals surface area (Å²) in [4.78, 5) is 9.18. The molecule has 0 aliphatic carbocycles. The largest absolute Gasteiger partial charge is 0.306 e. The number of nitro groups is 1. The van der Waals surface area contributed by atoms with Crippen molar-refractivity contribution in [2.75, 3.05) is 6.54 Å². The molecule has 0 atom stereocenters. The lowest BCUT2D eigenvalue weighted by atomic mass is 10.3. The van der Waals surface area contributed by atoms with Crippen molar-refractivity contribution in [3.63, 3.8) is 0 Å². The van der Waals surface area contributed by atoms with Crippen LogP contribution in [0.5, 0.6) is 0 Å². The van der Waals surface area contributed by atoms with Crippen molar-refractivity contribution in [1.82, 2.24) is 4.72 Å². The van der Waals surface area contributed by atoms with E-state index in [9.17, 15) is 22.9 Å². The van der Waals surface area contributed by atoms with Crippen molar-refractivity contribution in [1.29, 1.82) is 0 Å². The number of sulfonamides is 1. The second-order valence-electron chi connectivity index (χ2n) is 3.27. The van der Waals surface area contributed by atoms with Crippen molar-refractivity contribution in [3.8, 4) is 0 Å². The Hall–Kier alpha value is -1.54. The summed E-state index contributed by atoms with van der Waals surface area (Å²) in [6, 6.07) is 2.45. The zero-order chi connectivity index (χ0) is 13.1. The van der Waals surface area contributed by atoms with Crippen LogP contribution in [-0.4, -0.2) is 19.9 Å². The third-order valence-corrected chi connectivity index (χ3v) is 3.43. The van der Waals surface area contributed by atoms with Crippen LogP contribution < -0.4 is 4.72 Å². The number of hydrogen-bond acceptors (Lipinski definition) is 4. The van der Waals surface area contributed by atoms with Gasteiger partial charge >= 0.3 is 5.69 Å². The van der Waals surface area contributed by atoms with Crippen LogP contribution in [0.15, 0.2) is 23.1 Å². The molecule has 0 heterocycles. The van der Waals surface area contributed by atoms with Gasteiger partial charge in [0.2, 0.25) is 15.8 Å². The van der Waals surface area contributed by atoms with Crippen molar-refractivity contribution < 1.29 is 17.7 Å². The molecule has 0 aromatic heterocycles. The molecule has 0 radical (unpaired) electrons. The highest BCUT2D eigenvalue weighted by Gasteiger charge is 2.20. The molecule has 0 spiro atoms. The molecule has 0 saturated carbocycles. The Morgan fingerprint density at radius 1 is 1.47 bits per heavy atom. The van der Waals surface area contributed by atoms with E-state index >= 15 is 0 Å². The maximum Gasteiger partial charge on any atom is 0.306 e. The molecule has 6 nitrogen and oxygen atoms in total. The highest BCUT2D eigenvalue weighted by Crippen LogP contribution is 2.21. The van der Waals surface area contributed by atoms with Crippen LogP contribution >= 0.6 is 0 Å². The van der Waals surface area contributed by atoms with Gasteiger partial charge in [-0.05, 0) is 18.6 Å². The van der Waals surface area contributed by atoms with Gasteiger partial charge in [0.15, 0.2) is 0 Å². The molecule has 17 heavy (non-hydrogen) atoms. The van der Waals surface area contributed by atoms with Gasteiger partial charge in [-0.3, -0.25) is 10.1 Å². The van der Waals surface area contributed by atoms with Gasteiger partial charge in [0.1, 0.15) is 0 Å². The van der Waals surface area contributed by atoms with Gasteiger partial charge in [0.25, 0.3) is 0 Å². The predicted molar refractivity (Wildman–Crippen MR) is 58.5 cm³/mol. The van der Waals surface area contributed by atoms with E-state index in [1.165, 1.54) is 0 Å². The second-order valence-corrected chi connectivity index (χ2v) is 5.04. The molecule has 1 rings (SSSR count). The first kappa shape index (κ1) is 13.5.